The van der Waals surface area contributed by atoms with Gasteiger partial charge in [-0.2, -0.15) is 0 Å². The Labute approximate surface area is 218 Å². The van der Waals surface area contributed by atoms with Crippen LogP contribution in [-0.2, 0) is 29.2 Å². The summed E-state index contributed by atoms with van der Waals surface area (Å²) >= 11 is 1.81. The quantitative estimate of drug-likeness (QED) is 0.226. The second-order valence-electron chi connectivity index (χ2n) is 9.73. The highest BCUT2D eigenvalue weighted by atomic mass is 32.2. The molecule has 6 nitrogen and oxygen atoms in total. The molecule has 0 bridgehead atoms. The van der Waals surface area contributed by atoms with Crippen LogP contribution in [0, 0.1) is 0 Å². The number of hydrogen-bond acceptors (Lipinski definition) is 5. The zero-order chi connectivity index (χ0) is 25.3. The number of amides is 2. The zero-order valence-corrected chi connectivity index (χ0v) is 22.0. The smallest absolute Gasteiger partial charge is 0.255 e. The van der Waals surface area contributed by atoms with E-state index in [-0.39, 0.29) is 18.2 Å². The summed E-state index contributed by atoms with van der Waals surface area (Å²) in [5.41, 5.74) is 4.68. The van der Waals surface area contributed by atoms with Gasteiger partial charge in [-0.15, -0.1) is 11.8 Å². The van der Waals surface area contributed by atoms with E-state index in [9.17, 15) is 14.4 Å². The Morgan fingerprint density at radius 2 is 1.72 bits per heavy atom. The third kappa shape index (κ3) is 6.56. The van der Waals surface area contributed by atoms with Gasteiger partial charge in [-0.05, 0) is 60.4 Å². The molecule has 1 atom stereocenters. The van der Waals surface area contributed by atoms with Crippen LogP contribution < -0.4 is 5.32 Å². The van der Waals surface area contributed by atoms with Gasteiger partial charge in [0.15, 0.2) is 0 Å². The SMILES string of the molecule is CNC(=O)CCC(C=O)N1Cc2c(SCCCCCCCN3Cc4ccccc4C3)cccc2C1=O. The van der Waals surface area contributed by atoms with Crippen LogP contribution in [0.1, 0.15) is 72.0 Å². The fourth-order valence-electron chi connectivity index (χ4n) is 5.14. The van der Waals surface area contributed by atoms with Crippen LogP contribution >= 0.6 is 11.8 Å². The van der Waals surface area contributed by atoms with Crippen LogP contribution in [0.3, 0.4) is 0 Å². The molecule has 2 aromatic rings. The van der Waals surface area contributed by atoms with Gasteiger partial charge in [0.05, 0.1) is 6.04 Å². The lowest BCUT2D eigenvalue weighted by Gasteiger charge is -2.22. The Morgan fingerprint density at radius 1 is 1.00 bits per heavy atom. The Kier molecular flexibility index (Phi) is 9.59. The summed E-state index contributed by atoms with van der Waals surface area (Å²) < 4.78 is 0. The molecular formula is C29H37N3O3S. The molecule has 4 rings (SSSR count). The molecule has 2 aliphatic rings. The van der Waals surface area contributed by atoms with Crippen LogP contribution in [0.2, 0.25) is 0 Å². The monoisotopic (exact) mass is 507 g/mol. The van der Waals surface area contributed by atoms with Crippen molar-refractivity contribution in [3.63, 3.8) is 0 Å². The highest BCUT2D eigenvalue weighted by molar-refractivity contribution is 7.99. The Balaban J connectivity index is 1.15. The minimum atomic E-state index is -0.574. The number of benzene rings is 2. The van der Waals surface area contributed by atoms with Crippen LogP contribution in [0.4, 0.5) is 0 Å². The highest BCUT2D eigenvalue weighted by Gasteiger charge is 2.34. The molecule has 0 spiro atoms. The molecule has 1 N–H and O–H groups in total. The van der Waals surface area contributed by atoms with Crippen molar-refractivity contribution in [3.05, 3.63) is 64.7 Å². The first kappa shape index (κ1) is 26.4. The van der Waals surface area contributed by atoms with E-state index in [1.54, 1.807) is 11.9 Å². The van der Waals surface area contributed by atoms with Crippen LogP contribution in [-0.4, -0.2) is 53.3 Å². The second kappa shape index (κ2) is 13.1. The van der Waals surface area contributed by atoms with Crippen molar-refractivity contribution in [1.82, 2.24) is 15.1 Å². The number of thioether (sulfide) groups is 1. The molecule has 1 unspecified atom stereocenters. The summed E-state index contributed by atoms with van der Waals surface area (Å²) in [4.78, 5) is 41.5. The van der Waals surface area contributed by atoms with Gasteiger partial charge >= 0.3 is 0 Å². The number of nitrogens with zero attached hydrogens (tertiary/aromatic N) is 2. The van der Waals surface area contributed by atoms with Crippen molar-refractivity contribution in [2.24, 2.45) is 0 Å². The molecular weight excluding hydrogens is 470 g/mol. The van der Waals surface area contributed by atoms with Crippen molar-refractivity contribution in [1.29, 1.82) is 0 Å². The van der Waals surface area contributed by atoms with E-state index in [1.807, 2.05) is 23.9 Å². The maximum Gasteiger partial charge on any atom is 0.255 e. The topological polar surface area (TPSA) is 69.7 Å². The van der Waals surface area contributed by atoms with E-state index in [0.717, 1.165) is 42.0 Å². The van der Waals surface area contributed by atoms with Gasteiger partial charge in [0.1, 0.15) is 6.29 Å². The molecule has 192 valence electrons. The summed E-state index contributed by atoms with van der Waals surface area (Å²) in [6, 6.07) is 14.0. The van der Waals surface area contributed by atoms with E-state index >= 15 is 0 Å². The van der Waals surface area contributed by atoms with Crippen molar-refractivity contribution in [3.8, 4) is 0 Å². The van der Waals surface area contributed by atoms with E-state index in [0.29, 0.717) is 18.5 Å². The summed E-state index contributed by atoms with van der Waals surface area (Å²) in [7, 11) is 1.58. The van der Waals surface area contributed by atoms with Gasteiger partial charge in [0, 0.05) is 43.6 Å². The number of carbonyl (C=O) groups is 3. The van der Waals surface area contributed by atoms with E-state index in [1.165, 1.54) is 43.4 Å². The lowest BCUT2D eigenvalue weighted by molar-refractivity contribution is -0.121. The average molecular weight is 508 g/mol. The fraction of sp³-hybridized carbons (Fsp3) is 0.483. The summed E-state index contributed by atoms with van der Waals surface area (Å²) in [6.45, 7) is 3.80. The maximum atomic E-state index is 13.0. The third-order valence-corrected chi connectivity index (χ3v) is 8.43. The van der Waals surface area contributed by atoms with E-state index in [4.69, 9.17) is 0 Å². The largest absolute Gasteiger partial charge is 0.359 e. The van der Waals surface area contributed by atoms with Crippen LogP contribution in [0.5, 0.6) is 0 Å². The van der Waals surface area contributed by atoms with Gasteiger partial charge in [-0.3, -0.25) is 14.5 Å². The van der Waals surface area contributed by atoms with Crippen LogP contribution in [0.15, 0.2) is 47.4 Å². The Bertz CT molecular complexity index is 1050. The van der Waals surface area contributed by atoms with Crippen molar-refractivity contribution >= 4 is 29.9 Å². The normalized spacial score (nSPS) is 15.6. The minimum Gasteiger partial charge on any atom is -0.359 e. The first-order chi connectivity index (χ1) is 17.6. The van der Waals surface area contributed by atoms with Crippen molar-refractivity contribution < 1.29 is 14.4 Å². The molecule has 0 fully saturated rings. The Morgan fingerprint density at radius 3 is 2.44 bits per heavy atom. The number of fused-ring (bicyclic) bond motifs is 2. The van der Waals surface area contributed by atoms with E-state index < -0.39 is 6.04 Å². The van der Waals surface area contributed by atoms with Gasteiger partial charge in [-0.1, -0.05) is 49.6 Å². The number of unbranched alkanes of at least 4 members (excludes halogenated alkanes) is 4. The first-order valence-corrected chi connectivity index (χ1v) is 14.1. The third-order valence-electron chi connectivity index (χ3n) is 7.24. The standard InChI is InChI=1S/C29H37N3O3S/c1-30-28(34)15-14-24(21-33)32-20-26-25(29(32)35)12-9-13-27(26)36-17-8-4-2-3-7-16-31-18-22-10-5-6-11-23(22)19-31/h5-6,9-13,21,24H,2-4,7-8,14-20H2,1H3,(H,30,34). The molecule has 0 saturated heterocycles. The minimum absolute atomic E-state index is 0.109. The fourth-order valence-corrected chi connectivity index (χ4v) is 6.23. The highest BCUT2D eigenvalue weighted by Crippen LogP contribution is 2.34. The predicted octanol–water partition coefficient (Wildman–Crippen LogP) is 4.79. The van der Waals surface area contributed by atoms with Gasteiger partial charge in [0.2, 0.25) is 5.91 Å². The number of rotatable bonds is 14. The molecule has 2 heterocycles. The molecule has 2 aromatic carbocycles. The maximum absolute atomic E-state index is 13.0. The number of carbonyl (C=O) groups excluding carboxylic acids is 3. The first-order valence-electron chi connectivity index (χ1n) is 13.1. The number of hydrogen-bond donors (Lipinski definition) is 1. The lowest BCUT2D eigenvalue weighted by Crippen LogP contribution is -2.37. The molecule has 0 radical (unpaired) electrons. The molecule has 7 heteroatoms. The molecule has 0 aromatic heterocycles. The lowest BCUT2D eigenvalue weighted by atomic mass is 10.1. The van der Waals surface area contributed by atoms with Crippen molar-refractivity contribution in [2.45, 2.75) is 75.5 Å². The van der Waals surface area contributed by atoms with Crippen LogP contribution in [0.25, 0.3) is 0 Å². The molecule has 0 aliphatic carbocycles. The number of aldehydes is 1. The summed E-state index contributed by atoms with van der Waals surface area (Å²) in [5.74, 6) is 0.797. The number of nitrogens with one attached hydrogen (secondary N) is 1. The summed E-state index contributed by atoms with van der Waals surface area (Å²) in [6.07, 6.45) is 7.52. The van der Waals surface area contributed by atoms with Gasteiger partial charge in [0.25, 0.3) is 5.91 Å². The predicted molar refractivity (Wildman–Crippen MR) is 144 cm³/mol. The second-order valence-corrected chi connectivity index (χ2v) is 10.9. The average Bonchev–Trinajstić information content (AvgIpc) is 3.47. The zero-order valence-electron chi connectivity index (χ0n) is 21.2. The van der Waals surface area contributed by atoms with Gasteiger partial charge in [-0.25, -0.2) is 0 Å². The summed E-state index contributed by atoms with van der Waals surface area (Å²) in [5, 5.41) is 2.57. The molecule has 2 aliphatic heterocycles. The Hall–Kier alpha value is -2.64. The molecule has 0 saturated carbocycles. The van der Waals surface area contributed by atoms with Crippen molar-refractivity contribution in [2.75, 3.05) is 19.3 Å². The van der Waals surface area contributed by atoms with Gasteiger partial charge < -0.3 is 15.0 Å². The van der Waals surface area contributed by atoms with E-state index in [2.05, 4.69) is 40.5 Å². The molecule has 2 amide bonds. The molecule has 36 heavy (non-hydrogen) atoms.